The van der Waals surface area contributed by atoms with Crippen LogP contribution < -0.4 is 5.32 Å². The summed E-state index contributed by atoms with van der Waals surface area (Å²) in [5, 5.41) is 3.04. The molecule has 0 unspecified atom stereocenters. The Morgan fingerprint density at radius 1 is 1.23 bits per heavy atom. The van der Waals surface area contributed by atoms with Crippen LogP contribution in [0.15, 0.2) is 30.3 Å². The highest BCUT2D eigenvalue weighted by Crippen LogP contribution is 2.29. The summed E-state index contributed by atoms with van der Waals surface area (Å²) in [7, 11) is 1.69. The van der Waals surface area contributed by atoms with Gasteiger partial charge < -0.3 is 10.1 Å². The van der Waals surface area contributed by atoms with Crippen LogP contribution in [0.25, 0.3) is 0 Å². The second-order valence-corrected chi connectivity index (χ2v) is 6.79. The van der Waals surface area contributed by atoms with Crippen molar-refractivity contribution in [3.63, 3.8) is 0 Å². The molecule has 1 aliphatic rings. The maximum Gasteiger partial charge on any atom is 0.261 e. The van der Waals surface area contributed by atoms with Gasteiger partial charge >= 0.3 is 0 Å². The van der Waals surface area contributed by atoms with E-state index in [-0.39, 0.29) is 5.91 Å². The summed E-state index contributed by atoms with van der Waals surface area (Å²) >= 11 is 1.66. The zero-order valence-electron chi connectivity index (χ0n) is 12.9. The summed E-state index contributed by atoms with van der Waals surface area (Å²) in [6, 6.07) is 10.1. The quantitative estimate of drug-likeness (QED) is 0.913. The first-order chi connectivity index (χ1) is 10.8. The number of rotatable bonds is 5. The molecule has 1 N–H and O–H groups in total. The number of carbonyl (C=O) groups excluding carboxylic acids is 1. The van der Waals surface area contributed by atoms with Crippen molar-refractivity contribution in [3.8, 4) is 0 Å². The van der Waals surface area contributed by atoms with Gasteiger partial charge in [0.15, 0.2) is 0 Å². The zero-order chi connectivity index (χ0) is 15.4. The molecule has 0 bridgehead atoms. The van der Waals surface area contributed by atoms with Crippen molar-refractivity contribution in [2.45, 2.75) is 38.8 Å². The molecule has 1 aromatic heterocycles. The molecule has 3 nitrogen and oxygen atoms in total. The molecule has 3 rings (SSSR count). The van der Waals surface area contributed by atoms with Gasteiger partial charge in [-0.2, -0.15) is 0 Å². The van der Waals surface area contributed by atoms with E-state index in [4.69, 9.17) is 4.74 Å². The van der Waals surface area contributed by atoms with Gasteiger partial charge in [-0.3, -0.25) is 4.79 Å². The third-order valence-corrected chi connectivity index (χ3v) is 5.31. The number of carbonyl (C=O) groups is 1. The number of hydrogen-bond donors (Lipinski definition) is 1. The van der Waals surface area contributed by atoms with Crippen LogP contribution >= 0.6 is 11.3 Å². The van der Waals surface area contributed by atoms with Crippen molar-refractivity contribution in [2.75, 3.05) is 7.11 Å². The van der Waals surface area contributed by atoms with Crippen LogP contribution in [0.3, 0.4) is 0 Å². The summed E-state index contributed by atoms with van der Waals surface area (Å²) in [4.78, 5) is 14.6. The average molecular weight is 315 g/mol. The molecule has 0 radical (unpaired) electrons. The van der Waals surface area contributed by atoms with Crippen LogP contribution in [0.4, 0.5) is 0 Å². The van der Waals surface area contributed by atoms with Gasteiger partial charge in [0, 0.05) is 18.5 Å². The van der Waals surface area contributed by atoms with Crippen molar-refractivity contribution in [1.82, 2.24) is 5.32 Å². The number of thiophene rings is 1. The van der Waals surface area contributed by atoms with Gasteiger partial charge in [-0.1, -0.05) is 24.3 Å². The van der Waals surface area contributed by atoms with E-state index in [9.17, 15) is 4.79 Å². The molecule has 0 saturated carbocycles. The van der Waals surface area contributed by atoms with Crippen molar-refractivity contribution in [1.29, 1.82) is 0 Å². The Labute approximate surface area is 135 Å². The Hall–Kier alpha value is -1.65. The second-order valence-electron chi connectivity index (χ2n) is 5.65. The predicted octanol–water partition coefficient (Wildman–Crippen LogP) is 3.70. The fourth-order valence-electron chi connectivity index (χ4n) is 2.89. The first-order valence-corrected chi connectivity index (χ1v) is 8.55. The number of aryl methyl sites for hydroxylation is 2. The number of nitrogens with one attached hydrogen (secondary N) is 1. The minimum Gasteiger partial charge on any atom is -0.380 e. The molecule has 0 saturated heterocycles. The van der Waals surface area contributed by atoms with Gasteiger partial charge in [0.25, 0.3) is 5.91 Å². The van der Waals surface area contributed by atoms with Gasteiger partial charge in [-0.25, -0.2) is 0 Å². The number of ether oxygens (including phenoxy) is 1. The smallest absolute Gasteiger partial charge is 0.261 e. The van der Waals surface area contributed by atoms with E-state index >= 15 is 0 Å². The lowest BCUT2D eigenvalue weighted by Crippen LogP contribution is -2.22. The normalized spacial score (nSPS) is 13.7. The predicted molar refractivity (Wildman–Crippen MR) is 89.3 cm³/mol. The number of benzene rings is 1. The lowest BCUT2D eigenvalue weighted by Gasteiger charge is -2.09. The molecule has 1 heterocycles. The fourth-order valence-corrected chi connectivity index (χ4v) is 4.06. The SMILES string of the molecule is COCc1ccccc1CNC(=O)c1cc2c(s1)CCCC2. The Morgan fingerprint density at radius 2 is 2.00 bits per heavy atom. The van der Waals surface area contributed by atoms with Crippen molar-refractivity contribution in [2.24, 2.45) is 0 Å². The van der Waals surface area contributed by atoms with E-state index in [0.717, 1.165) is 28.8 Å². The van der Waals surface area contributed by atoms with E-state index in [1.54, 1.807) is 18.4 Å². The minimum atomic E-state index is 0.0339. The molecule has 1 amide bonds. The fraction of sp³-hybridized carbons (Fsp3) is 0.389. The molecule has 1 aromatic carbocycles. The van der Waals surface area contributed by atoms with Gasteiger partial charge in [-0.05, 0) is 48.4 Å². The van der Waals surface area contributed by atoms with E-state index < -0.39 is 0 Å². The number of fused-ring (bicyclic) bond motifs is 1. The Bertz CT molecular complexity index is 639. The standard InChI is InChI=1S/C18H21NO2S/c1-21-12-15-8-3-2-7-14(15)11-19-18(20)17-10-13-6-4-5-9-16(13)22-17/h2-3,7-8,10H,4-6,9,11-12H2,1H3,(H,19,20). The molecular formula is C18H21NO2S. The molecule has 0 spiro atoms. The summed E-state index contributed by atoms with van der Waals surface area (Å²) in [6.45, 7) is 1.11. The highest BCUT2D eigenvalue weighted by atomic mass is 32.1. The van der Waals surface area contributed by atoms with Crippen LogP contribution in [-0.2, 0) is 30.7 Å². The Morgan fingerprint density at radius 3 is 2.77 bits per heavy atom. The molecule has 0 aliphatic heterocycles. The molecular weight excluding hydrogens is 294 g/mol. The third kappa shape index (κ3) is 3.39. The van der Waals surface area contributed by atoms with Gasteiger partial charge in [0.1, 0.15) is 0 Å². The number of amides is 1. The molecule has 22 heavy (non-hydrogen) atoms. The zero-order valence-corrected chi connectivity index (χ0v) is 13.7. The summed E-state index contributed by atoms with van der Waals surface area (Å²) in [5.41, 5.74) is 3.61. The lowest BCUT2D eigenvalue weighted by molar-refractivity contribution is 0.0954. The van der Waals surface area contributed by atoms with E-state index in [0.29, 0.717) is 13.2 Å². The van der Waals surface area contributed by atoms with E-state index in [2.05, 4.69) is 11.4 Å². The number of hydrogen-bond acceptors (Lipinski definition) is 3. The van der Waals surface area contributed by atoms with Crippen molar-refractivity contribution >= 4 is 17.2 Å². The van der Waals surface area contributed by atoms with Crippen molar-refractivity contribution in [3.05, 3.63) is 56.8 Å². The van der Waals surface area contributed by atoms with Crippen LogP contribution in [0.1, 0.15) is 44.1 Å². The van der Waals surface area contributed by atoms with Crippen LogP contribution in [0.5, 0.6) is 0 Å². The summed E-state index contributed by atoms with van der Waals surface area (Å²) in [6.07, 6.45) is 4.74. The monoisotopic (exact) mass is 315 g/mol. The maximum absolute atomic E-state index is 12.4. The molecule has 1 aliphatic carbocycles. The largest absolute Gasteiger partial charge is 0.380 e. The third-order valence-electron chi connectivity index (χ3n) is 4.08. The first-order valence-electron chi connectivity index (χ1n) is 7.73. The molecule has 4 heteroatoms. The van der Waals surface area contributed by atoms with Gasteiger partial charge in [0.2, 0.25) is 0 Å². The van der Waals surface area contributed by atoms with Crippen molar-refractivity contribution < 1.29 is 9.53 Å². The minimum absolute atomic E-state index is 0.0339. The van der Waals surface area contributed by atoms with Gasteiger partial charge in [0.05, 0.1) is 11.5 Å². The first kappa shape index (κ1) is 15.3. The lowest BCUT2D eigenvalue weighted by atomic mass is 9.99. The maximum atomic E-state index is 12.4. The van der Waals surface area contributed by atoms with Crippen LogP contribution in [0, 0.1) is 0 Å². The molecule has 0 fully saturated rings. The molecule has 0 atom stereocenters. The van der Waals surface area contributed by atoms with Crippen LogP contribution in [-0.4, -0.2) is 13.0 Å². The van der Waals surface area contributed by atoms with Gasteiger partial charge in [-0.15, -0.1) is 11.3 Å². The Balaban J connectivity index is 1.66. The number of methoxy groups -OCH3 is 1. The average Bonchev–Trinajstić information content (AvgIpc) is 2.98. The highest BCUT2D eigenvalue weighted by Gasteiger charge is 2.17. The highest BCUT2D eigenvalue weighted by molar-refractivity contribution is 7.14. The summed E-state index contributed by atoms with van der Waals surface area (Å²) < 4.78 is 5.20. The topological polar surface area (TPSA) is 38.3 Å². The molecule has 2 aromatic rings. The molecule has 116 valence electrons. The summed E-state index contributed by atoms with van der Waals surface area (Å²) in [5.74, 6) is 0.0339. The second kappa shape index (κ2) is 7.07. The Kier molecular flexibility index (Phi) is 4.90. The van der Waals surface area contributed by atoms with E-state index in [1.165, 1.54) is 23.3 Å². The van der Waals surface area contributed by atoms with E-state index in [1.807, 2.05) is 24.3 Å². The van der Waals surface area contributed by atoms with Crippen LogP contribution in [0.2, 0.25) is 0 Å².